The Kier molecular flexibility index (Phi) is 6.35. The Morgan fingerprint density at radius 2 is 1.89 bits per heavy atom. The van der Waals surface area contributed by atoms with Crippen molar-refractivity contribution in [2.75, 3.05) is 31.2 Å². The van der Waals surface area contributed by atoms with Gasteiger partial charge in [-0.1, -0.05) is 38.3 Å². The minimum atomic E-state index is 0.559. The molecule has 1 aliphatic carbocycles. The maximum absolute atomic E-state index is 5.63. The molecule has 6 rings (SSSR count). The van der Waals surface area contributed by atoms with Crippen LogP contribution in [0.15, 0.2) is 24.3 Å². The molecule has 0 spiro atoms. The van der Waals surface area contributed by atoms with Gasteiger partial charge < -0.3 is 19.5 Å². The Bertz CT molecular complexity index is 1370. The fourth-order valence-electron chi connectivity index (χ4n) is 5.82. The predicted molar refractivity (Wildman–Crippen MR) is 142 cm³/mol. The summed E-state index contributed by atoms with van der Waals surface area (Å²) in [6, 6.07) is 8.71. The number of imidazole rings is 2. The zero-order valence-electron chi connectivity index (χ0n) is 21.6. The summed E-state index contributed by atoms with van der Waals surface area (Å²) in [5.41, 5.74) is 3.66. The standard InChI is InChI=1S/C27H36N8O/c1-4-19-8-7-9-20(16-19)28-17-23-30-24-25(33(23)3)31-27(32-26(24)34-12-14-36-15-13-34)35-18(2)29-21-10-5-6-11-22(21)35/h5-6,10-11,19-20,28H,4,7-9,12-17H2,1-3H3/t19-,20?/m0/s1. The normalized spacial score (nSPS) is 21.0. The van der Waals surface area contributed by atoms with Crippen LogP contribution in [0.4, 0.5) is 5.82 Å². The number of morpholine rings is 1. The van der Waals surface area contributed by atoms with E-state index in [1.54, 1.807) is 0 Å². The van der Waals surface area contributed by atoms with Gasteiger partial charge in [0.2, 0.25) is 5.95 Å². The van der Waals surface area contributed by atoms with Crippen LogP contribution < -0.4 is 10.2 Å². The van der Waals surface area contributed by atoms with Crippen LogP contribution in [0.2, 0.25) is 0 Å². The van der Waals surface area contributed by atoms with Crippen LogP contribution >= 0.6 is 0 Å². The molecule has 1 saturated heterocycles. The smallest absolute Gasteiger partial charge is 0.239 e. The highest BCUT2D eigenvalue weighted by Crippen LogP contribution is 2.29. The molecule has 1 N–H and O–H groups in total. The molecular formula is C27H36N8O. The van der Waals surface area contributed by atoms with Gasteiger partial charge in [-0.15, -0.1) is 0 Å². The molecule has 36 heavy (non-hydrogen) atoms. The number of hydrogen-bond donors (Lipinski definition) is 1. The summed E-state index contributed by atoms with van der Waals surface area (Å²) in [4.78, 5) is 22.3. The molecule has 0 amide bonds. The molecule has 0 radical (unpaired) electrons. The van der Waals surface area contributed by atoms with E-state index >= 15 is 0 Å². The first-order chi connectivity index (χ1) is 17.6. The fourth-order valence-corrected chi connectivity index (χ4v) is 5.82. The topological polar surface area (TPSA) is 85.9 Å². The van der Waals surface area contributed by atoms with Crippen molar-refractivity contribution in [1.82, 2.24) is 34.4 Å². The maximum atomic E-state index is 5.63. The Morgan fingerprint density at radius 1 is 1.06 bits per heavy atom. The largest absolute Gasteiger partial charge is 0.378 e. The van der Waals surface area contributed by atoms with E-state index in [4.69, 9.17) is 24.7 Å². The SMILES string of the molecule is CC[C@H]1CCCC(NCc2nc3c(N4CCOCC4)nc(-n4c(C)nc5ccccc54)nc3n2C)C1. The van der Waals surface area contributed by atoms with E-state index in [-0.39, 0.29) is 0 Å². The van der Waals surface area contributed by atoms with Crippen molar-refractivity contribution < 1.29 is 4.74 Å². The van der Waals surface area contributed by atoms with Crippen molar-refractivity contribution >= 4 is 28.0 Å². The third-order valence-electron chi connectivity index (χ3n) is 7.93. The van der Waals surface area contributed by atoms with Crippen LogP contribution in [0.1, 0.15) is 50.7 Å². The van der Waals surface area contributed by atoms with E-state index < -0.39 is 0 Å². The van der Waals surface area contributed by atoms with Gasteiger partial charge in [-0.25, -0.2) is 9.97 Å². The number of para-hydroxylation sites is 2. The summed E-state index contributed by atoms with van der Waals surface area (Å²) in [5.74, 6) is 4.22. The first-order valence-corrected chi connectivity index (χ1v) is 13.4. The fraction of sp³-hybridized carbons (Fsp3) is 0.556. The van der Waals surface area contributed by atoms with Gasteiger partial charge in [-0.05, 0) is 37.8 Å². The van der Waals surface area contributed by atoms with Crippen LogP contribution in [-0.4, -0.2) is 61.4 Å². The predicted octanol–water partition coefficient (Wildman–Crippen LogP) is 3.91. The van der Waals surface area contributed by atoms with Crippen LogP contribution in [0.3, 0.4) is 0 Å². The number of anilines is 1. The summed E-state index contributed by atoms with van der Waals surface area (Å²) in [6.45, 7) is 8.02. The average molecular weight is 489 g/mol. The third-order valence-corrected chi connectivity index (χ3v) is 7.93. The Balaban J connectivity index is 1.41. The lowest BCUT2D eigenvalue weighted by Gasteiger charge is -2.29. The van der Waals surface area contributed by atoms with Gasteiger partial charge in [-0.3, -0.25) is 4.57 Å². The number of hydrogen-bond acceptors (Lipinski definition) is 7. The minimum Gasteiger partial charge on any atom is -0.378 e. The van der Waals surface area contributed by atoms with Crippen molar-refractivity contribution in [3.63, 3.8) is 0 Å². The van der Waals surface area contributed by atoms with Crippen molar-refractivity contribution in [1.29, 1.82) is 0 Å². The average Bonchev–Trinajstić information content (AvgIpc) is 3.43. The van der Waals surface area contributed by atoms with Crippen LogP contribution in [0, 0.1) is 12.8 Å². The zero-order valence-corrected chi connectivity index (χ0v) is 21.6. The molecule has 1 aliphatic heterocycles. The molecule has 9 heteroatoms. The van der Waals surface area contributed by atoms with Crippen molar-refractivity contribution in [2.45, 2.75) is 58.5 Å². The van der Waals surface area contributed by atoms with Crippen LogP contribution in [0.5, 0.6) is 0 Å². The Labute approximate surface area is 211 Å². The molecule has 1 saturated carbocycles. The van der Waals surface area contributed by atoms with Gasteiger partial charge >= 0.3 is 0 Å². The second-order valence-corrected chi connectivity index (χ2v) is 10.2. The van der Waals surface area contributed by atoms with E-state index in [9.17, 15) is 0 Å². The Hall–Kier alpha value is -3.04. The molecule has 1 aromatic carbocycles. The third kappa shape index (κ3) is 4.24. The van der Waals surface area contributed by atoms with Gasteiger partial charge in [0.1, 0.15) is 11.6 Å². The Morgan fingerprint density at radius 3 is 2.72 bits per heavy atom. The second kappa shape index (κ2) is 9.78. The lowest BCUT2D eigenvalue weighted by molar-refractivity contribution is 0.122. The maximum Gasteiger partial charge on any atom is 0.239 e. The molecule has 4 heterocycles. The first-order valence-electron chi connectivity index (χ1n) is 13.4. The van der Waals surface area contributed by atoms with Crippen LogP contribution in [0.25, 0.3) is 28.1 Å². The number of aromatic nitrogens is 6. The van der Waals surface area contributed by atoms with E-state index in [0.717, 1.165) is 65.2 Å². The second-order valence-electron chi connectivity index (χ2n) is 10.2. The summed E-state index contributed by atoms with van der Waals surface area (Å²) < 4.78 is 9.81. The summed E-state index contributed by atoms with van der Waals surface area (Å²) >= 11 is 0. The number of nitrogens with one attached hydrogen (secondary N) is 1. The molecule has 190 valence electrons. The van der Waals surface area contributed by atoms with E-state index in [1.807, 2.05) is 25.1 Å². The number of rotatable bonds is 6. The summed E-state index contributed by atoms with van der Waals surface area (Å²) in [6.07, 6.45) is 6.46. The first kappa shape index (κ1) is 23.4. The van der Waals surface area contributed by atoms with Gasteiger partial charge in [0, 0.05) is 26.2 Å². The molecule has 3 aromatic heterocycles. The number of fused-ring (bicyclic) bond motifs is 2. The molecular weight excluding hydrogens is 452 g/mol. The monoisotopic (exact) mass is 488 g/mol. The highest BCUT2D eigenvalue weighted by molar-refractivity contribution is 5.86. The molecule has 1 unspecified atom stereocenters. The number of benzene rings is 1. The highest BCUT2D eigenvalue weighted by Gasteiger charge is 2.25. The molecule has 2 aliphatic rings. The molecule has 4 aromatic rings. The van der Waals surface area contributed by atoms with E-state index in [2.05, 4.69) is 39.4 Å². The number of aryl methyl sites for hydroxylation is 2. The lowest BCUT2D eigenvalue weighted by atomic mass is 9.84. The van der Waals surface area contributed by atoms with Gasteiger partial charge in [0.15, 0.2) is 17.0 Å². The van der Waals surface area contributed by atoms with Crippen molar-refractivity contribution in [3.05, 3.63) is 35.9 Å². The van der Waals surface area contributed by atoms with Crippen molar-refractivity contribution in [3.8, 4) is 5.95 Å². The van der Waals surface area contributed by atoms with Gasteiger partial charge in [0.05, 0.1) is 30.8 Å². The van der Waals surface area contributed by atoms with Crippen molar-refractivity contribution in [2.24, 2.45) is 13.0 Å². The quantitative estimate of drug-likeness (QED) is 0.440. The zero-order chi connectivity index (χ0) is 24.6. The lowest BCUT2D eigenvalue weighted by Crippen LogP contribution is -2.37. The van der Waals surface area contributed by atoms with Gasteiger partial charge in [-0.2, -0.15) is 9.97 Å². The van der Waals surface area contributed by atoms with Gasteiger partial charge in [0.25, 0.3) is 0 Å². The summed E-state index contributed by atoms with van der Waals surface area (Å²) in [7, 11) is 2.07. The number of nitrogens with zero attached hydrogens (tertiary/aromatic N) is 7. The molecule has 2 fully saturated rings. The summed E-state index contributed by atoms with van der Waals surface area (Å²) in [5, 5.41) is 3.80. The molecule has 2 atom stereocenters. The highest BCUT2D eigenvalue weighted by atomic mass is 16.5. The number of ether oxygens (including phenoxy) is 1. The molecule has 9 nitrogen and oxygen atoms in total. The van der Waals surface area contributed by atoms with E-state index in [1.165, 1.54) is 32.1 Å². The molecule has 0 bridgehead atoms. The van der Waals surface area contributed by atoms with Crippen LogP contribution in [-0.2, 0) is 18.3 Å². The van der Waals surface area contributed by atoms with E-state index in [0.29, 0.717) is 25.2 Å². The minimum absolute atomic E-state index is 0.559.